The average Bonchev–Trinajstić information content (AvgIpc) is 1.99. The highest BCUT2D eigenvalue weighted by Gasteiger charge is 1.99. The number of ether oxygens (including phenoxy) is 1. The predicted octanol–water partition coefficient (Wildman–Crippen LogP) is 1.02. The predicted molar refractivity (Wildman–Crippen MR) is 46.1 cm³/mol. The number of methoxy groups -OCH3 is 1. The number of nitrogens with zero attached hydrogens (tertiary/aromatic N) is 2. The van der Waals surface area contributed by atoms with E-state index in [9.17, 15) is 0 Å². The summed E-state index contributed by atoms with van der Waals surface area (Å²) in [5.41, 5.74) is 0. The van der Waals surface area contributed by atoms with Crippen molar-refractivity contribution < 1.29 is 4.74 Å². The summed E-state index contributed by atoms with van der Waals surface area (Å²) in [5.74, 6) is 0. The van der Waals surface area contributed by atoms with Crippen molar-refractivity contribution in [2.75, 3.05) is 14.2 Å². The molecule has 0 aromatic rings. The molecule has 0 aromatic heterocycles. The molecule has 0 heterocycles. The lowest BCUT2D eigenvalue weighted by Crippen LogP contribution is -2.22. The third-order valence-electron chi connectivity index (χ3n) is 0.822. The van der Waals surface area contributed by atoms with Crippen molar-refractivity contribution >= 4 is 23.7 Å². The van der Waals surface area contributed by atoms with Crippen LogP contribution in [0.15, 0.2) is 17.8 Å². The van der Waals surface area contributed by atoms with Crippen LogP contribution in [0.25, 0.3) is 0 Å². The SMILES string of the molecule is C=CN(C=NC)C(=S)OC. The summed E-state index contributed by atoms with van der Waals surface area (Å²) in [7, 11) is 3.15. The molecule has 3 nitrogen and oxygen atoms in total. The maximum atomic E-state index is 4.78. The van der Waals surface area contributed by atoms with Crippen LogP contribution in [-0.4, -0.2) is 30.6 Å². The van der Waals surface area contributed by atoms with Gasteiger partial charge in [0.25, 0.3) is 5.17 Å². The Balaban J connectivity index is 4.06. The first-order valence-electron chi connectivity index (χ1n) is 2.67. The Hall–Kier alpha value is -0.900. The second-order valence-corrected chi connectivity index (χ2v) is 1.78. The lowest BCUT2D eigenvalue weighted by Gasteiger charge is -2.11. The van der Waals surface area contributed by atoms with Gasteiger partial charge in [-0.1, -0.05) is 6.58 Å². The first-order chi connectivity index (χ1) is 4.76. The molecule has 0 aliphatic carbocycles. The molecule has 0 atom stereocenters. The molecule has 0 radical (unpaired) electrons. The fourth-order valence-electron chi connectivity index (χ4n) is 0.399. The van der Waals surface area contributed by atoms with E-state index < -0.39 is 0 Å². The van der Waals surface area contributed by atoms with E-state index in [4.69, 9.17) is 17.0 Å². The van der Waals surface area contributed by atoms with Crippen LogP contribution in [0.1, 0.15) is 0 Å². The molecular formula is C6H10N2OS. The topological polar surface area (TPSA) is 24.8 Å². The van der Waals surface area contributed by atoms with Gasteiger partial charge in [-0.2, -0.15) is 0 Å². The first-order valence-corrected chi connectivity index (χ1v) is 3.08. The van der Waals surface area contributed by atoms with Crippen LogP contribution in [0.3, 0.4) is 0 Å². The third kappa shape index (κ3) is 2.59. The van der Waals surface area contributed by atoms with Gasteiger partial charge in [0.05, 0.1) is 13.4 Å². The quantitative estimate of drug-likeness (QED) is 0.341. The summed E-state index contributed by atoms with van der Waals surface area (Å²) >= 11 is 4.78. The standard InChI is InChI=1S/C6H10N2OS/c1-4-8(5-7-2)6(10)9-3/h4-5H,1H2,2-3H3. The molecular weight excluding hydrogens is 148 g/mol. The summed E-state index contributed by atoms with van der Waals surface area (Å²) in [5, 5.41) is 0.334. The maximum Gasteiger partial charge on any atom is 0.268 e. The molecule has 0 amide bonds. The molecule has 56 valence electrons. The molecule has 10 heavy (non-hydrogen) atoms. The van der Waals surface area contributed by atoms with E-state index in [1.807, 2.05) is 0 Å². The van der Waals surface area contributed by atoms with Gasteiger partial charge in [0.1, 0.15) is 0 Å². The Labute approximate surface area is 66.0 Å². The molecule has 0 bridgehead atoms. The van der Waals surface area contributed by atoms with E-state index in [1.165, 1.54) is 24.5 Å². The van der Waals surface area contributed by atoms with E-state index in [2.05, 4.69) is 11.6 Å². The molecule has 0 saturated heterocycles. The lowest BCUT2D eigenvalue weighted by molar-refractivity contribution is 0.375. The summed E-state index contributed by atoms with van der Waals surface area (Å²) in [6.07, 6.45) is 3.05. The van der Waals surface area contributed by atoms with Crippen molar-refractivity contribution in [3.05, 3.63) is 12.8 Å². The highest BCUT2D eigenvalue weighted by atomic mass is 32.1. The maximum absolute atomic E-state index is 4.78. The number of hydrogen-bond donors (Lipinski definition) is 0. The van der Waals surface area contributed by atoms with Crippen molar-refractivity contribution in [3.63, 3.8) is 0 Å². The van der Waals surface area contributed by atoms with Crippen LogP contribution < -0.4 is 0 Å². The molecule has 4 heteroatoms. The van der Waals surface area contributed by atoms with Crippen molar-refractivity contribution in [1.82, 2.24) is 4.90 Å². The van der Waals surface area contributed by atoms with Gasteiger partial charge in [0.15, 0.2) is 0 Å². The van der Waals surface area contributed by atoms with Crippen molar-refractivity contribution in [1.29, 1.82) is 0 Å². The average molecular weight is 158 g/mol. The van der Waals surface area contributed by atoms with Gasteiger partial charge < -0.3 is 4.74 Å². The molecule has 0 aliphatic heterocycles. The van der Waals surface area contributed by atoms with Crippen molar-refractivity contribution in [3.8, 4) is 0 Å². The minimum absolute atomic E-state index is 0.334. The van der Waals surface area contributed by atoms with E-state index in [0.29, 0.717) is 5.17 Å². The van der Waals surface area contributed by atoms with E-state index in [0.717, 1.165) is 0 Å². The number of hydrogen-bond acceptors (Lipinski definition) is 3. The third-order valence-corrected chi connectivity index (χ3v) is 1.20. The van der Waals surface area contributed by atoms with Crippen LogP contribution in [-0.2, 0) is 4.74 Å². The zero-order chi connectivity index (χ0) is 7.98. The van der Waals surface area contributed by atoms with Crippen molar-refractivity contribution in [2.45, 2.75) is 0 Å². The van der Waals surface area contributed by atoms with Gasteiger partial charge in [0, 0.05) is 13.2 Å². The van der Waals surface area contributed by atoms with Gasteiger partial charge in [-0.25, -0.2) is 0 Å². The minimum Gasteiger partial charge on any atom is -0.474 e. The second-order valence-electron chi connectivity index (χ2n) is 1.43. The van der Waals surface area contributed by atoms with Crippen LogP contribution in [0.5, 0.6) is 0 Å². The highest BCUT2D eigenvalue weighted by molar-refractivity contribution is 7.80. The molecule has 0 N–H and O–H groups in total. The van der Waals surface area contributed by atoms with Gasteiger partial charge in [-0.05, 0) is 12.2 Å². The Morgan fingerprint density at radius 1 is 1.80 bits per heavy atom. The van der Waals surface area contributed by atoms with Crippen LogP contribution >= 0.6 is 12.2 Å². The fourth-order valence-corrected chi connectivity index (χ4v) is 0.520. The molecule has 0 unspecified atom stereocenters. The monoisotopic (exact) mass is 158 g/mol. The fraction of sp³-hybridized carbons (Fsp3) is 0.333. The molecule has 0 spiro atoms. The number of thiocarbonyl (C=S) groups is 1. The normalized spacial score (nSPS) is 9.40. The minimum atomic E-state index is 0.334. The zero-order valence-electron chi connectivity index (χ0n) is 6.07. The Bertz CT molecular complexity index is 156. The largest absolute Gasteiger partial charge is 0.474 e. The molecule has 0 aromatic carbocycles. The molecule has 0 fully saturated rings. The van der Waals surface area contributed by atoms with Crippen LogP contribution in [0, 0.1) is 0 Å². The Kier molecular flexibility index (Phi) is 4.49. The van der Waals surface area contributed by atoms with Crippen LogP contribution in [0.2, 0.25) is 0 Å². The molecule has 0 rings (SSSR count). The Morgan fingerprint density at radius 2 is 2.40 bits per heavy atom. The molecule has 0 saturated carbocycles. The highest BCUT2D eigenvalue weighted by Crippen LogP contribution is 1.89. The van der Waals surface area contributed by atoms with E-state index >= 15 is 0 Å². The van der Waals surface area contributed by atoms with Gasteiger partial charge in [0.2, 0.25) is 0 Å². The second kappa shape index (κ2) is 4.93. The van der Waals surface area contributed by atoms with E-state index in [1.54, 1.807) is 7.05 Å². The van der Waals surface area contributed by atoms with E-state index in [-0.39, 0.29) is 0 Å². The number of aliphatic imine (C=N–C) groups is 1. The van der Waals surface area contributed by atoms with Gasteiger partial charge in [-0.15, -0.1) is 0 Å². The zero-order valence-corrected chi connectivity index (χ0v) is 6.89. The van der Waals surface area contributed by atoms with Gasteiger partial charge in [-0.3, -0.25) is 9.89 Å². The van der Waals surface area contributed by atoms with Crippen molar-refractivity contribution in [2.24, 2.45) is 4.99 Å². The lowest BCUT2D eigenvalue weighted by atomic mass is 10.8. The van der Waals surface area contributed by atoms with Gasteiger partial charge >= 0.3 is 0 Å². The molecule has 0 aliphatic rings. The summed E-state index contributed by atoms with van der Waals surface area (Å²) in [4.78, 5) is 5.25. The summed E-state index contributed by atoms with van der Waals surface area (Å²) < 4.78 is 4.75. The number of rotatable bonds is 2. The Morgan fingerprint density at radius 3 is 2.70 bits per heavy atom. The summed E-state index contributed by atoms with van der Waals surface area (Å²) in [6, 6.07) is 0. The van der Waals surface area contributed by atoms with Crippen LogP contribution in [0.4, 0.5) is 0 Å². The first kappa shape index (κ1) is 9.10. The smallest absolute Gasteiger partial charge is 0.268 e. The summed E-state index contributed by atoms with van der Waals surface area (Å²) in [6.45, 7) is 3.52.